The number of halogens is 1. The monoisotopic (exact) mass is 937 g/mol. The van der Waals surface area contributed by atoms with Crippen molar-refractivity contribution < 1.29 is 32.3 Å². The molecule has 4 aromatic rings. The highest BCUT2D eigenvalue weighted by Gasteiger charge is 2.64. The van der Waals surface area contributed by atoms with E-state index in [2.05, 4.69) is 20.5 Å². The van der Waals surface area contributed by atoms with Crippen molar-refractivity contribution in [1.29, 1.82) is 0 Å². The number of likely N-dealkylation sites (tertiary alicyclic amines) is 1. The maximum Gasteiger partial charge on any atom is 0.329 e. The van der Waals surface area contributed by atoms with Crippen molar-refractivity contribution in [2.75, 3.05) is 47.8 Å². The number of amides is 3. The number of sulfone groups is 1. The van der Waals surface area contributed by atoms with Crippen LogP contribution in [-0.4, -0.2) is 105 Å². The SMILES string of the molecule is Cc1cc(S(=O)(=O)C2CC3(CCN(CC4CCN(c5ccc6c(c5F)n(C)c(=O)n6C5CCC(=O)NC5=O)CC4)CC3)C2)ccc1Nc1ncc2c(n1)N(C1CCCC1)C(=O)C21CC(C)(O)C1. The summed E-state index contributed by atoms with van der Waals surface area (Å²) in [6, 6.07) is 7.80. The summed E-state index contributed by atoms with van der Waals surface area (Å²) >= 11 is 0. The van der Waals surface area contributed by atoms with Crippen LogP contribution in [0, 0.1) is 24.1 Å². The molecular formula is C49H60FN9O7S. The molecular weight excluding hydrogens is 878 g/mol. The number of anilines is 4. The van der Waals surface area contributed by atoms with Gasteiger partial charge >= 0.3 is 5.69 Å². The van der Waals surface area contributed by atoms with Gasteiger partial charge < -0.3 is 20.2 Å². The minimum absolute atomic E-state index is 0.0154. The highest BCUT2D eigenvalue weighted by molar-refractivity contribution is 7.92. The smallest absolute Gasteiger partial charge is 0.329 e. The summed E-state index contributed by atoms with van der Waals surface area (Å²) in [4.78, 5) is 67.8. The predicted octanol–water partition coefficient (Wildman–Crippen LogP) is 5.31. The van der Waals surface area contributed by atoms with Gasteiger partial charge in [-0.25, -0.2) is 22.6 Å². The van der Waals surface area contributed by atoms with E-state index in [1.165, 1.54) is 16.2 Å². The van der Waals surface area contributed by atoms with Gasteiger partial charge in [0, 0.05) is 56.6 Å². The normalized spacial score (nSPS) is 24.4. The number of hydrogen-bond acceptors (Lipinski definition) is 12. The first kappa shape index (κ1) is 44.3. The second-order valence-corrected chi connectivity index (χ2v) is 23.6. The Balaban J connectivity index is 0.680. The van der Waals surface area contributed by atoms with E-state index >= 15 is 4.39 Å². The number of aliphatic hydroxyl groups is 1. The molecule has 0 radical (unpaired) electrons. The lowest BCUT2D eigenvalue weighted by Gasteiger charge is -2.52. The number of rotatable bonds is 9. The molecule has 3 aliphatic carbocycles. The molecule has 67 heavy (non-hydrogen) atoms. The number of benzene rings is 2. The van der Waals surface area contributed by atoms with Crippen LogP contribution in [0.25, 0.3) is 11.0 Å². The van der Waals surface area contributed by atoms with Crippen LogP contribution in [-0.2, 0) is 36.7 Å². The molecule has 2 aromatic heterocycles. The number of aromatic nitrogens is 4. The molecule has 3 N–H and O–H groups in total. The molecule has 1 atom stereocenters. The van der Waals surface area contributed by atoms with Crippen LogP contribution in [0.1, 0.15) is 114 Å². The first-order chi connectivity index (χ1) is 32.0. The largest absolute Gasteiger partial charge is 0.390 e. The third-order valence-corrected chi connectivity index (χ3v) is 18.9. The average Bonchev–Trinajstić information content (AvgIpc) is 3.95. The lowest BCUT2D eigenvalue weighted by atomic mass is 9.57. The number of imide groups is 1. The van der Waals surface area contributed by atoms with Crippen molar-refractivity contribution in [2.45, 2.75) is 137 Å². The molecule has 18 heteroatoms. The third-order valence-electron chi connectivity index (χ3n) is 16.8. The summed E-state index contributed by atoms with van der Waals surface area (Å²) in [5, 5.41) is 15.9. The van der Waals surface area contributed by atoms with Crippen LogP contribution in [0.2, 0.25) is 0 Å². The minimum atomic E-state index is -3.55. The second kappa shape index (κ2) is 15.9. The molecule has 0 bridgehead atoms. The van der Waals surface area contributed by atoms with Gasteiger partial charge in [-0.05, 0) is 145 Å². The third kappa shape index (κ3) is 7.29. The molecule has 2 spiro atoms. The quantitative estimate of drug-likeness (QED) is 0.184. The van der Waals surface area contributed by atoms with Gasteiger partial charge in [0.15, 0.2) is 15.7 Å². The van der Waals surface area contributed by atoms with Gasteiger partial charge in [0.25, 0.3) is 0 Å². The fourth-order valence-electron chi connectivity index (χ4n) is 13.1. The van der Waals surface area contributed by atoms with E-state index in [9.17, 15) is 32.7 Å². The summed E-state index contributed by atoms with van der Waals surface area (Å²) in [5.41, 5.74) is 1.02. The highest BCUT2D eigenvalue weighted by Crippen LogP contribution is 2.58. The fourth-order valence-corrected chi connectivity index (χ4v) is 15.2. The first-order valence-electron chi connectivity index (χ1n) is 24.2. The number of carbonyl (C=O) groups excluding carboxylic acids is 3. The van der Waals surface area contributed by atoms with Gasteiger partial charge in [-0.1, -0.05) is 12.8 Å². The van der Waals surface area contributed by atoms with Crippen LogP contribution in [0.15, 0.2) is 46.2 Å². The van der Waals surface area contributed by atoms with Gasteiger partial charge in [0.2, 0.25) is 23.7 Å². The van der Waals surface area contributed by atoms with Crippen molar-refractivity contribution >= 4 is 61.7 Å². The van der Waals surface area contributed by atoms with Crippen molar-refractivity contribution in [3.63, 3.8) is 0 Å². The molecule has 6 heterocycles. The van der Waals surface area contributed by atoms with Crippen molar-refractivity contribution in [3.8, 4) is 0 Å². The van der Waals surface area contributed by atoms with Crippen LogP contribution >= 0.6 is 0 Å². The van der Waals surface area contributed by atoms with Crippen LogP contribution in [0.3, 0.4) is 0 Å². The van der Waals surface area contributed by atoms with Crippen molar-refractivity contribution in [1.82, 2.24) is 29.3 Å². The number of carbonyl (C=O) groups is 3. The lowest BCUT2D eigenvalue weighted by molar-refractivity contribution is -0.140. The molecule has 6 fully saturated rings. The summed E-state index contributed by atoms with van der Waals surface area (Å²) in [6.07, 6.45) is 11.8. The van der Waals surface area contributed by atoms with E-state index in [1.54, 1.807) is 43.5 Å². The fraction of sp³-hybridized carbons (Fsp3) is 0.592. The molecule has 2 aromatic carbocycles. The Kier molecular flexibility index (Phi) is 10.5. The molecule has 16 nitrogen and oxygen atoms in total. The zero-order chi connectivity index (χ0) is 46.8. The molecule has 3 saturated carbocycles. The van der Waals surface area contributed by atoms with Crippen LogP contribution < -0.4 is 26.1 Å². The number of imidazole rings is 1. The molecule has 3 saturated heterocycles. The number of nitrogens with zero attached hydrogens (tertiary/aromatic N) is 7. The average molecular weight is 938 g/mol. The van der Waals surface area contributed by atoms with E-state index < -0.39 is 49.6 Å². The van der Waals surface area contributed by atoms with E-state index in [4.69, 9.17) is 4.98 Å². The summed E-state index contributed by atoms with van der Waals surface area (Å²) < 4.78 is 46.8. The van der Waals surface area contributed by atoms with E-state index in [0.29, 0.717) is 78.2 Å². The number of nitrogens with one attached hydrogen (secondary N) is 2. The van der Waals surface area contributed by atoms with Gasteiger partial charge in [-0.3, -0.25) is 33.7 Å². The Morgan fingerprint density at radius 2 is 1.67 bits per heavy atom. The Hall–Kier alpha value is -5.20. The second-order valence-electron chi connectivity index (χ2n) is 21.3. The van der Waals surface area contributed by atoms with Crippen LogP contribution in [0.5, 0.6) is 0 Å². The van der Waals surface area contributed by atoms with Gasteiger partial charge in [-0.15, -0.1) is 0 Å². The Bertz CT molecular complexity index is 2880. The summed E-state index contributed by atoms with van der Waals surface area (Å²) in [6.45, 7) is 7.81. The predicted molar refractivity (Wildman–Crippen MR) is 250 cm³/mol. The maximum atomic E-state index is 16.2. The number of hydrogen-bond donors (Lipinski definition) is 3. The van der Waals surface area contributed by atoms with Crippen molar-refractivity contribution in [3.05, 3.63) is 64.0 Å². The Morgan fingerprint density at radius 3 is 2.34 bits per heavy atom. The zero-order valence-corrected chi connectivity index (χ0v) is 39.3. The molecule has 11 rings (SSSR count). The van der Waals surface area contributed by atoms with Crippen LogP contribution in [0.4, 0.5) is 27.5 Å². The summed E-state index contributed by atoms with van der Waals surface area (Å²) in [7, 11) is -2.04. The molecule has 1 unspecified atom stereocenters. The maximum absolute atomic E-state index is 16.2. The number of piperidine rings is 3. The first-order valence-corrected chi connectivity index (χ1v) is 25.8. The van der Waals surface area contributed by atoms with E-state index in [1.807, 2.05) is 16.7 Å². The summed E-state index contributed by atoms with van der Waals surface area (Å²) in [5.74, 6) is 0.0149. The molecule has 7 aliphatic rings. The topological polar surface area (TPSA) is 192 Å². The van der Waals surface area contributed by atoms with E-state index in [0.717, 1.165) is 82.1 Å². The zero-order valence-electron chi connectivity index (χ0n) is 38.5. The Morgan fingerprint density at radius 1 is 0.955 bits per heavy atom. The molecule has 356 valence electrons. The van der Waals surface area contributed by atoms with Gasteiger partial charge in [0.05, 0.1) is 32.4 Å². The van der Waals surface area contributed by atoms with Gasteiger partial charge in [0.1, 0.15) is 17.4 Å². The number of fused-ring (bicyclic) bond motifs is 3. The highest BCUT2D eigenvalue weighted by atomic mass is 32.2. The lowest BCUT2D eigenvalue weighted by Crippen LogP contribution is -2.58. The Labute approximate surface area is 389 Å². The number of aryl methyl sites for hydroxylation is 2. The van der Waals surface area contributed by atoms with Crippen molar-refractivity contribution in [2.24, 2.45) is 18.4 Å². The van der Waals surface area contributed by atoms with Gasteiger partial charge in [-0.2, -0.15) is 4.98 Å². The minimum Gasteiger partial charge on any atom is -0.390 e. The van der Waals surface area contributed by atoms with E-state index in [-0.39, 0.29) is 41.6 Å². The molecule has 4 aliphatic heterocycles. The molecule has 3 amide bonds. The standard InChI is InChI=1S/C49H60FN9O7S/c1-29-22-32(8-9-35(29)52-45-51-25-34-42(54-45)58(31-6-4-5-7-31)44(62)49(34)27-47(2,64)28-49)67(65,66)33-23-48(24-33)16-20-56(21-17-48)26-30-14-18-57(19-15-30)36-10-11-37-41(40(36)50)55(3)46(63)59(37)38-12-13-39(60)53-43(38)61/h8-11,22,25,30-31,33,38,64H,4-7,12-21,23-24,26-28H2,1-3H3,(H,51,52,54)(H,53,60,61).